The van der Waals surface area contributed by atoms with Crippen LogP contribution >= 0.6 is 0 Å². The zero-order valence-electron chi connectivity index (χ0n) is 12.3. The molecule has 4 heteroatoms. The molecule has 0 spiro atoms. The first-order valence-corrected chi connectivity index (χ1v) is 7.15. The van der Waals surface area contributed by atoms with Crippen molar-refractivity contribution in [1.82, 2.24) is 9.88 Å². The lowest BCUT2D eigenvalue weighted by atomic mass is 10.1. The average molecular weight is 283 g/mol. The van der Waals surface area contributed by atoms with Gasteiger partial charge in [-0.25, -0.2) is 0 Å². The summed E-state index contributed by atoms with van der Waals surface area (Å²) in [7, 11) is 0. The smallest absolute Gasteiger partial charge is 0.254 e. The quantitative estimate of drug-likeness (QED) is 0.885. The number of pyridine rings is 1. The molecule has 110 valence electrons. The minimum absolute atomic E-state index is 0.0345. The van der Waals surface area contributed by atoms with Crippen molar-refractivity contribution in [3.05, 3.63) is 65.5 Å². The summed E-state index contributed by atoms with van der Waals surface area (Å²) in [4.78, 5) is 18.6. The van der Waals surface area contributed by atoms with E-state index in [0.717, 1.165) is 17.5 Å². The first-order chi connectivity index (χ1) is 10.2. The molecule has 0 saturated heterocycles. The average Bonchev–Trinajstić information content (AvgIpc) is 2.52. The summed E-state index contributed by atoms with van der Waals surface area (Å²) >= 11 is 0. The minimum atomic E-state index is 0.0345. The second-order valence-corrected chi connectivity index (χ2v) is 5.10. The highest BCUT2D eigenvalue weighted by Gasteiger charge is 2.15. The van der Waals surface area contributed by atoms with Gasteiger partial charge in [0.25, 0.3) is 5.91 Å². The van der Waals surface area contributed by atoms with Crippen molar-refractivity contribution >= 4 is 5.91 Å². The standard InChI is InChI=1S/C17H21N3O/c1-14-5-7-16(8-6-14)17(21)20(11-3-9-18)13-15-4-2-10-19-12-15/h2,4-8,10,12H,3,9,11,13,18H2,1H3. The third-order valence-electron chi connectivity index (χ3n) is 3.31. The Balaban J connectivity index is 2.14. The number of rotatable bonds is 6. The Morgan fingerprint density at radius 3 is 2.62 bits per heavy atom. The maximum Gasteiger partial charge on any atom is 0.254 e. The highest BCUT2D eigenvalue weighted by Crippen LogP contribution is 2.11. The molecule has 0 radical (unpaired) electrons. The van der Waals surface area contributed by atoms with Crippen molar-refractivity contribution in [2.45, 2.75) is 19.9 Å². The first kappa shape index (κ1) is 15.2. The molecule has 1 aromatic carbocycles. The lowest BCUT2D eigenvalue weighted by molar-refractivity contribution is 0.0742. The fourth-order valence-corrected chi connectivity index (χ4v) is 2.13. The topological polar surface area (TPSA) is 59.2 Å². The first-order valence-electron chi connectivity index (χ1n) is 7.15. The van der Waals surface area contributed by atoms with Gasteiger partial charge in [-0.05, 0) is 43.7 Å². The molecule has 0 bridgehead atoms. The van der Waals surface area contributed by atoms with Crippen LogP contribution in [-0.2, 0) is 6.54 Å². The molecule has 0 fully saturated rings. The SMILES string of the molecule is Cc1ccc(C(=O)N(CCCN)Cc2cccnc2)cc1. The van der Waals surface area contributed by atoms with Gasteiger partial charge >= 0.3 is 0 Å². The van der Waals surface area contributed by atoms with Gasteiger partial charge in [-0.3, -0.25) is 9.78 Å². The molecule has 1 heterocycles. The summed E-state index contributed by atoms with van der Waals surface area (Å²) in [6, 6.07) is 11.5. The molecule has 0 aliphatic carbocycles. The number of aryl methyl sites for hydroxylation is 1. The predicted molar refractivity (Wildman–Crippen MR) is 83.8 cm³/mol. The summed E-state index contributed by atoms with van der Waals surface area (Å²) in [6.07, 6.45) is 4.31. The van der Waals surface area contributed by atoms with Gasteiger partial charge in [0.05, 0.1) is 0 Å². The van der Waals surface area contributed by atoms with E-state index in [1.807, 2.05) is 48.2 Å². The molecule has 0 unspecified atom stereocenters. The molecule has 0 saturated carbocycles. The molecule has 21 heavy (non-hydrogen) atoms. The van der Waals surface area contributed by atoms with Gasteiger partial charge in [0.1, 0.15) is 0 Å². The van der Waals surface area contributed by atoms with Crippen molar-refractivity contribution in [2.24, 2.45) is 5.73 Å². The molecule has 1 aromatic heterocycles. The van der Waals surface area contributed by atoms with Gasteiger partial charge in [-0.1, -0.05) is 23.8 Å². The van der Waals surface area contributed by atoms with Crippen LogP contribution < -0.4 is 5.73 Å². The van der Waals surface area contributed by atoms with E-state index in [1.54, 1.807) is 12.4 Å². The van der Waals surface area contributed by atoms with E-state index < -0.39 is 0 Å². The number of amides is 1. The van der Waals surface area contributed by atoms with Gasteiger partial charge in [0.15, 0.2) is 0 Å². The van der Waals surface area contributed by atoms with E-state index in [2.05, 4.69) is 4.98 Å². The molecule has 0 atom stereocenters. The Labute approximate surface area is 125 Å². The number of nitrogens with two attached hydrogens (primary N) is 1. The Morgan fingerprint density at radius 2 is 2.00 bits per heavy atom. The van der Waals surface area contributed by atoms with Crippen LogP contribution in [0.15, 0.2) is 48.8 Å². The second-order valence-electron chi connectivity index (χ2n) is 5.10. The Hall–Kier alpha value is -2.20. The molecular formula is C17H21N3O. The number of hydrogen-bond acceptors (Lipinski definition) is 3. The summed E-state index contributed by atoms with van der Waals surface area (Å²) in [5, 5.41) is 0. The van der Waals surface area contributed by atoms with Crippen LogP contribution in [0, 0.1) is 6.92 Å². The molecule has 2 aromatic rings. The van der Waals surface area contributed by atoms with Gasteiger partial charge in [0.2, 0.25) is 0 Å². The Bertz CT molecular complexity index is 566. The third-order valence-corrected chi connectivity index (χ3v) is 3.31. The summed E-state index contributed by atoms with van der Waals surface area (Å²) in [5.74, 6) is 0.0345. The van der Waals surface area contributed by atoms with E-state index in [-0.39, 0.29) is 5.91 Å². The molecule has 2 rings (SSSR count). The zero-order chi connectivity index (χ0) is 15.1. The van der Waals surface area contributed by atoms with Crippen molar-refractivity contribution in [3.8, 4) is 0 Å². The van der Waals surface area contributed by atoms with E-state index in [4.69, 9.17) is 5.73 Å². The number of benzene rings is 1. The van der Waals surface area contributed by atoms with Crippen LogP contribution in [0.25, 0.3) is 0 Å². The fourth-order valence-electron chi connectivity index (χ4n) is 2.13. The normalized spacial score (nSPS) is 10.4. The van der Waals surface area contributed by atoms with Gasteiger partial charge in [0, 0.05) is 31.0 Å². The van der Waals surface area contributed by atoms with Crippen molar-refractivity contribution < 1.29 is 4.79 Å². The lowest BCUT2D eigenvalue weighted by Gasteiger charge is -2.22. The van der Waals surface area contributed by atoms with Crippen LogP contribution in [0.2, 0.25) is 0 Å². The molecule has 1 amide bonds. The number of carbonyl (C=O) groups is 1. The number of hydrogen-bond donors (Lipinski definition) is 1. The van der Waals surface area contributed by atoms with Gasteiger partial charge in [-0.2, -0.15) is 0 Å². The predicted octanol–water partition coefficient (Wildman–Crippen LogP) is 2.38. The molecule has 4 nitrogen and oxygen atoms in total. The number of nitrogens with zero attached hydrogens (tertiary/aromatic N) is 2. The molecule has 2 N–H and O–H groups in total. The molecular weight excluding hydrogens is 262 g/mol. The fraction of sp³-hybridized carbons (Fsp3) is 0.294. The molecule has 0 aliphatic rings. The van der Waals surface area contributed by atoms with E-state index in [1.165, 1.54) is 0 Å². The minimum Gasteiger partial charge on any atom is -0.334 e. The number of aromatic nitrogens is 1. The highest BCUT2D eigenvalue weighted by molar-refractivity contribution is 5.94. The van der Waals surface area contributed by atoms with Crippen LogP contribution in [-0.4, -0.2) is 28.9 Å². The van der Waals surface area contributed by atoms with Gasteiger partial charge < -0.3 is 10.6 Å². The number of carbonyl (C=O) groups excluding carboxylic acids is 1. The molecule has 0 aliphatic heterocycles. The maximum atomic E-state index is 12.6. The van der Waals surface area contributed by atoms with E-state index >= 15 is 0 Å². The van der Waals surface area contributed by atoms with Crippen molar-refractivity contribution in [1.29, 1.82) is 0 Å². The summed E-state index contributed by atoms with van der Waals surface area (Å²) in [6.45, 7) is 3.79. The zero-order valence-corrected chi connectivity index (χ0v) is 12.3. The van der Waals surface area contributed by atoms with E-state index in [0.29, 0.717) is 25.2 Å². The van der Waals surface area contributed by atoms with Crippen LogP contribution in [0.1, 0.15) is 27.9 Å². The summed E-state index contributed by atoms with van der Waals surface area (Å²) < 4.78 is 0. The lowest BCUT2D eigenvalue weighted by Crippen LogP contribution is -2.32. The maximum absolute atomic E-state index is 12.6. The van der Waals surface area contributed by atoms with E-state index in [9.17, 15) is 4.79 Å². The Morgan fingerprint density at radius 1 is 1.24 bits per heavy atom. The van der Waals surface area contributed by atoms with Crippen LogP contribution in [0.4, 0.5) is 0 Å². The monoisotopic (exact) mass is 283 g/mol. The largest absolute Gasteiger partial charge is 0.334 e. The highest BCUT2D eigenvalue weighted by atomic mass is 16.2. The second kappa shape index (κ2) is 7.55. The van der Waals surface area contributed by atoms with Crippen molar-refractivity contribution in [3.63, 3.8) is 0 Å². The third kappa shape index (κ3) is 4.39. The summed E-state index contributed by atoms with van der Waals surface area (Å²) in [5.41, 5.74) is 8.46. The Kier molecular flexibility index (Phi) is 5.46. The van der Waals surface area contributed by atoms with Crippen LogP contribution in [0.3, 0.4) is 0 Å². The van der Waals surface area contributed by atoms with Crippen LogP contribution in [0.5, 0.6) is 0 Å². The van der Waals surface area contributed by atoms with Crippen molar-refractivity contribution in [2.75, 3.05) is 13.1 Å². The van der Waals surface area contributed by atoms with Gasteiger partial charge in [-0.15, -0.1) is 0 Å².